The summed E-state index contributed by atoms with van der Waals surface area (Å²) in [6, 6.07) is 54.7. The van der Waals surface area contributed by atoms with Crippen LogP contribution in [0.5, 0.6) is 0 Å². The smallest absolute Gasteiger partial charge is 0.248 e. The molecule has 0 saturated heterocycles. The van der Waals surface area contributed by atoms with Gasteiger partial charge in [0.25, 0.3) is 0 Å². The van der Waals surface area contributed by atoms with Crippen LogP contribution >= 0.6 is 0 Å². The van der Waals surface area contributed by atoms with Gasteiger partial charge in [-0.25, -0.2) is 0 Å². The lowest BCUT2D eigenvalue weighted by Crippen LogP contribution is -2.54. The minimum absolute atomic E-state index is 0.190. The Labute approximate surface area is 229 Å². The van der Waals surface area contributed by atoms with E-state index in [0.717, 1.165) is 11.4 Å². The van der Waals surface area contributed by atoms with Gasteiger partial charge < -0.3 is 9.80 Å². The van der Waals surface area contributed by atoms with Crippen molar-refractivity contribution >= 4 is 57.2 Å². The molecule has 0 aromatic heterocycles. The molecular weight excluding hydrogens is 471 g/mol. The minimum Gasteiger partial charge on any atom is -0.312 e. The van der Waals surface area contributed by atoms with Crippen LogP contribution in [0.3, 0.4) is 0 Å². The van der Waals surface area contributed by atoms with Crippen LogP contribution in [0.25, 0.3) is 11.1 Å². The van der Waals surface area contributed by atoms with E-state index in [1.165, 1.54) is 50.3 Å². The van der Waals surface area contributed by atoms with Crippen molar-refractivity contribution in [3.05, 3.63) is 152 Å². The normalized spacial score (nSPS) is 12.5. The van der Waals surface area contributed by atoms with Gasteiger partial charge in [0.15, 0.2) is 0 Å². The molecule has 182 valence electrons. The molecule has 6 aromatic carbocycles. The standard InChI is InChI=1S/C36H25BN2/c1-4-14-26(15-5-1)38(27-16-6-2-7-17-27)33-24-13-22-31-35(33)29-20-12-25-34-36(29)37(31)30-21-10-11-23-32(30)39(34)28-18-8-3-9-19-28/h1-25H. The Balaban J connectivity index is 1.42. The second-order valence-electron chi connectivity index (χ2n) is 10.1. The van der Waals surface area contributed by atoms with Crippen molar-refractivity contribution in [1.29, 1.82) is 0 Å². The zero-order valence-corrected chi connectivity index (χ0v) is 21.4. The summed E-state index contributed by atoms with van der Waals surface area (Å²) in [4.78, 5) is 4.83. The Morgan fingerprint density at radius 2 is 1.03 bits per heavy atom. The number of hydrogen-bond acceptors (Lipinski definition) is 2. The molecule has 3 heteroatoms. The fourth-order valence-electron chi connectivity index (χ4n) is 6.53. The molecule has 0 radical (unpaired) electrons. The van der Waals surface area contributed by atoms with Crippen LogP contribution in [0, 0.1) is 0 Å². The molecule has 0 amide bonds. The van der Waals surface area contributed by atoms with Crippen molar-refractivity contribution in [1.82, 2.24) is 0 Å². The molecule has 2 heterocycles. The van der Waals surface area contributed by atoms with Crippen LogP contribution in [0.1, 0.15) is 0 Å². The Morgan fingerprint density at radius 3 is 1.74 bits per heavy atom. The molecule has 0 bridgehead atoms. The molecular formula is C36H25BN2. The number of fused-ring (bicyclic) bond motifs is 5. The molecule has 0 spiro atoms. The molecule has 2 nitrogen and oxygen atoms in total. The number of benzene rings is 6. The quantitative estimate of drug-likeness (QED) is 0.234. The fraction of sp³-hybridized carbons (Fsp3) is 0. The summed E-state index contributed by atoms with van der Waals surface area (Å²) in [5.41, 5.74) is 13.9. The van der Waals surface area contributed by atoms with Crippen molar-refractivity contribution < 1.29 is 0 Å². The number of hydrogen-bond donors (Lipinski definition) is 0. The van der Waals surface area contributed by atoms with Gasteiger partial charge in [-0.3, -0.25) is 0 Å². The van der Waals surface area contributed by atoms with Gasteiger partial charge in [-0.05, 0) is 71.1 Å². The number of anilines is 6. The highest BCUT2D eigenvalue weighted by molar-refractivity contribution is 7.01. The molecule has 8 rings (SSSR count). The van der Waals surface area contributed by atoms with Gasteiger partial charge in [0.1, 0.15) is 0 Å². The maximum absolute atomic E-state index is 2.43. The van der Waals surface area contributed by atoms with E-state index in [9.17, 15) is 0 Å². The largest absolute Gasteiger partial charge is 0.312 e. The molecule has 0 atom stereocenters. The van der Waals surface area contributed by atoms with Gasteiger partial charge >= 0.3 is 0 Å². The molecule has 0 saturated carbocycles. The Morgan fingerprint density at radius 1 is 0.462 bits per heavy atom. The first kappa shape index (κ1) is 22.0. The highest BCUT2D eigenvalue weighted by Crippen LogP contribution is 2.45. The van der Waals surface area contributed by atoms with Crippen LogP contribution in [0.2, 0.25) is 0 Å². The van der Waals surface area contributed by atoms with Crippen LogP contribution in [-0.2, 0) is 0 Å². The van der Waals surface area contributed by atoms with Crippen molar-refractivity contribution in [2.75, 3.05) is 9.80 Å². The van der Waals surface area contributed by atoms with Crippen molar-refractivity contribution in [3.63, 3.8) is 0 Å². The molecule has 0 fully saturated rings. The summed E-state index contributed by atoms with van der Waals surface area (Å²) < 4.78 is 0. The van der Waals surface area contributed by atoms with E-state index in [1.807, 2.05) is 0 Å². The van der Waals surface area contributed by atoms with E-state index in [-0.39, 0.29) is 6.71 Å². The van der Waals surface area contributed by atoms with Crippen LogP contribution in [0.15, 0.2) is 152 Å². The van der Waals surface area contributed by atoms with Gasteiger partial charge in [-0.1, -0.05) is 103 Å². The zero-order valence-electron chi connectivity index (χ0n) is 21.4. The topological polar surface area (TPSA) is 6.48 Å². The lowest BCUT2D eigenvalue weighted by atomic mass is 9.37. The van der Waals surface area contributed by atoms with Crippen molar-refractivity contribution in [2.24, 2.45) is 0 Å². The van der Waals surface area contributed by atoms with Gasteiger partial charge in [-0.15, -0.1) is 0 Å². The van der Waals surface area contributed by atoms with Gasteiger partial charge in [0.05, 0.1) is 5.69 Å². The van der Waals surface area contributed by atoms with Crippen LogP contribution in [-0.4, -0.2) is 6.71 Å². The highest BCUT2D eigenvalue weighted by Gasteiger charge is 2.43. The van der Waals surface area contributed by atoms with Crippen molar-refractivity contribution in [3.8, 4) is 11.1 Å². The number of para-hydroxylation sites is 4. The Bertz CT molecular complexity index is 1780. The number of nitrogens with zero attached hydrogens (tertiary/aromatic N) is 2. The van der Waals surface area contributed by atoms with E-state index in [2.05, 4.69) is 161 Å². The Hall–Kier alpha value is -5.02. The van der Waals surface area contributed by atoms with E-state index in [1.54, 1.807) is 0 Å². The van der Waals surface area contributed by atoms with Gasteiger partial charge in [-0.2, -0.15) is 0 Å². The molecule has 2 aliphatic rings. The van der Waals surface area contributed by atoms with Gasteiger partial charge in [0.2, 0.25) is 6.71 Å². The lowest BCUT2D eigenvalue weighted by Gasteiger charge is -2.35. The van der Waals surface area contributed by atoms with Crippen LogP contribution < -0.4 is 26.2 Å². The summed E-state index contributed by atoms with van der Waals surface area (Å²) >= 11 is 0. The summed E-state index contributed by atoms with van der Waals surface area (Å²) in [7, 11) is 0. The van der Waals surface area contributed by atoms with E-state index in [4.69, 9.17) is 0 Å². The lowest BCUT2D eigenvalue weighted by molar-refractivity contribution is 1.29. The second kappa shape index (κ2) is 8.78. The maximum atomic E-state index is 2.43. The molecule has 0 aliphatic carbocycles. The van der Waals surface area contributed by atoms with E-state index < -0.39 is 0 Å². The first-order valence-electron chi connectivity index (χ1n) is 13.5. The van der Waals surface area contributed by atoms with Crippen molar-refractivity contribution in [2.45, 2.75) is 0 Å². The SMILES string of the molecule is c1ccc(N(c2ccccc2)c2cccc3c2-c2cccc4c2B3c2ccccc2N4c2ccccc2)cc1. The zero-order chi connectivity index (χ0) is 25.8. The molecule has 39 heavy (non-hydrogen) atoms. The summed E-state index contributed by atoms with van der Waals surface area (Å²) in [6.07, 6.45) is 0. The summed E-state index contributed by atoms with van der Waals surface area (Å²) in [6.45, 7) is 0.190. The first-order valence-corrected chi connectivity index (χ1v) is 13.5. The van der Waals surface area contributed by atoms with Crippen LogP contribution in [0.4, 0.5) is 34.1 Å². The third-order valence-corrected chi connectivity index (χ3v) is 8.04. The maximum Gasteiger partial charge on any atom is 0.248 e. The predicted molar refractivity (Wildman–Crippen MR) is 166 cm³/mol. The fourth-order valence-corrected chi connectivity index (χ4v) is 6.53. The van der Waals surface area contributed by atoms with Gasteiger partial charge in [0, 0.05) is 34.0 Å². The molecule has 0 unspecified atom stereocenters. The number of rotatable bonds is 4. The average Bonchev–Trinajstić information content (AvgIpc) is 3.36. The summed E-state index contributed by atoms with van der Waals surface area (Å²) in [5.74, 6) is 0. The third-order valence-electron chi connectivity index (χ3n) is 8.04. The molecule has 6 aromatic rings. The highest BCUT2D eigenvalue weighted by atomic mass is 15.2. The third kappa shape index (κ3) is 3.30. The van der Waals surface area contributed by atoms with E-state index >= 15 is 0 Å². The predicted octanol–water partition coefficient (Wildman–Crippen LogP) is 7.44. The van der Waals surface area contributed by atoms with E-state index in [0.29, 0.717) is 0 Å². The molecule has 2 aliphatic heterocycles. The Kier molecular flexibility index (Phi) is 4.96. The summed E-state index contributed by atoms with van der Waals surface area (Å²) in [5, 5.41) is 0. The average molecular weight is 496 g/mol. The first-order chi connectivity index (χ1) is 19.4. The minimum atomic E-state index is 0.190. The molecule has 0 N–H and O–H groups in total. The second-order valence-corrected chi connectivity index (χ2v) is 10.1. The monoisotopic (exact) mass is 496 g/mol.